The van der Waals surface area contributed by atoms with E-state index in [9.17, 15) is 14.9 Å². The molecule has 0 atom stereocenters. The minimum Gasteiger partial charge on any atom is -0.463 e. The van der Waals surface area contributed by atoms with Crippen molar-refractivity contribution >= 4 is 11.6 Å². The van der Waals surface area contributed by atoms with Crippen molar-refractivity contribution in [2.24, 2.45) is 0 Å². The van der Waals surface area contributed by atoms with Gasteiger partial charge in [0.15, 0.2) is 5.76 Å². The lowest BCUT2D eigenvalue weighted by molar-refractivity contribution is -0.384. The van der Waals surface area contributed by atoms with E-state index in [4.69, 9.17) is 4.42 Å². The Morgan fingerprint density at radius 2 is 1.90 bits per heavy atom. The lowest BCUT2D eigenvalue weighted by Crippen LogP contribution is -2.25. The molecule has 4 aromatic rings. The number of hydrogen-bond acceptors (Lipinski definition) is 6. The molecule has 3 aromatic heterocycles. The van der Waals surface area contributed by atoms with Gasteiger partial charge >= 0.3 is 0 Å². The average Bonchev–Trinajstić information content (AvgIpc) is 3.43. The molecule has 0 aliphatic heterocycles. The number of nitro benzene ring substituents is 1. The number of rotatable bonds is 6. The number of hydrogen-bond donors (Lipinski definition) is 1. The predicted molar refractivity (Wildman–Crippen MR) is 103 cm³/mol. The summed E-state index contributed by atoms with van der Waals surface area (Å²) >= 11 is 0. The van der Waals surface area contributed by atoms with Crippen molar-refractivity contribution in [1.29, 1.82) is 0 Å². The molecular formula is C20H15N5O4. The molecule has 0 unspecified atom stereocenters. The highest BCUT2D eigenvalue weighted by Gasteiger charge is 2.19. The second kappa shape index (κ2) is 7.77. The second-order valence-corrected chi connectivity index (χ2v) is 6.12. The SMILES string of the molecule is O=C(NCc1ccncc1)c1cc(-c2ccco2)nn1-c1ccc([N+](=O)[O-])cc1. The molecule has 1 aromatic carbocycles. The third-order valence-electron chi connectivity index (χ3n) is 4.22. The van der Waals surface area contributed by atoms with Gasteiger partial charge in [0, 0.05) is 37.1 Å². The van der Waals surface area contributed by atoms with E-state index < -0.39 is 4.92 Å². The Labute approximate surface area is 164 Å². The summed E-state index contributed by atoms with van der Waals surface area (Å²) in [5.74, 6) is 0.166. The Bertz CT molecular complexity index is 1140. The third-order valence-corrected chi connectivity index (χ3v) is 4.22. The number of amides is 1. The van der Waals surface area contributed by atoms with Gasteiger partial charge in [-0.15, -0.1) is 0 Å². The van der Waals surface area contributed by atoms with Crippen LogP contribution in [0.5, 0.6) is 0 Å². The van der Waals surface area contributed by atoms with Crippen LogP contribution in [0.4, 0.5) is 5.69 Å². The zero-order valence-electron chi connectivity index (χ0n) is 15.1. The molecule has 144 valence electrons. The standard InChI is InChI=1S/C20H15N5O4/c26-20(22-13-14-7-9-21-10-8-14)18-12-17(19-2-1-11-29-19)23-24(18)15-3-5-16(6-4-15)25(27)28/h1-12H,13H2,(H,22,26). The Morgan fingerprint density at radius 1 is 1.14 bits per heavy atom. The van der Waals surface area contributed by atoms with Crippen LogP contribution in [0.25, 0.3) is 17.1 Å². The fourth-order valence-corrected chi connectivity index (χ4v) is 2.77. The minimum atomic E-state index is -0.483. The fourth-order valence-electron chi connectivity index (χ4n) is 2.77. The van der Waals surface area contributed by atoms with Crippen LogP contribution < -0.4 is 5.32 Å². The van der Waals surface area contributed by atoms with E-state index in [1.807, 2.05) is 12.1 Å². The summed E-state index contributed by atoms with van der Waals surface area (Å²) in [4.78, 5) is 27.2. The van der Waals surface area contributed by atoms with Crippen LogP contribution in [-0.2, 0) is 6.54 Å². The number of nitrogens with one attached hydrogen (secondary N) is 1. The molecule has 0 saturated carbocycles. The quantitative estimate of drug-likeness (QED) is 0.399. The van der Waals surface area contributed by atoms with Gasteiger partial charge in [-0.1, -0.05) is 0 Å². The Balaban J connectivity index is 1.67. The van der Waals surface area contributed by atoms with E-state index in [0.717, 1.165) is 5.56 Å². The van der Waals surface area contributed by atoms with Crippen LogP contribution in [0.3, 0.4) is 0 Å². The van der Waals surface area contributed by atoms with Crippen LogP contribution >= 0.6 is 0 Å². The van der Waals surface area contributed by atoms with E-state index in [1.54, 1.807) is 30.6 Å². The summed E-state index contributed by atoms with van der Waals surface area (Å²) in [6.07, 6.45) is 4.82. The molecule has 1 amide bonds. The van der Waals surface area contributed by atoms with Gasteiger partial charge in [-0.3, -0.25) is 19.9 Å². The molecule has 3 heterocycles. The first-order valence-electron chi connectivity index (χ1n) is 8.68. The second-order valence-electron chi connectivity index (χ2n) is 6.12. The van der Waals surface area contributed by atoms with Gasteiger partial charge in [-0.2, -0.15) is 5.10 Å². The van der Waals surface area contributed by atoms with Crippen molar-refractivity contribution in [3.63, 3.8) is 0 Å². The molecule has 1 N–H and O–H groups in total. The monoisotopic (exact) mass is 389 g/mol. The van der Waals surface area contributed by atoms with Gasteiger partial charge < -0.3 is 9.73 Å². The number of non-ortho nitro benzene ring substituents is 1. The molecule has 0 spiro atoms. The highest BCUT2D eigenvalue weighted by Crippen LogP contribution is 2.23. The zero-order valence-corrected chi connectivity index (χ0v) is 15.1. The van der Waals surface area contributed by atoms with Gasteiger partial charge in [-0.25, -0.2) is 4.68 Å². The first-order chi connectivity index (χ1) is 14.1. The van der Waals surface area contributed by atoms with Gasteiger partial charge in [0.2, 0.25) is 0 Å². The number of benzene rings is 1. The Hall–Kier alpha value is -4.27. The highest BCUT2D eigenvalue weighted by atomic mass is 16.6. The molecule has 9 heteroatoms. The van der Waals surface area contributed by atoms with Gasteiger partial charge in [0.1, 0.15) is 11.4 Å². The number of furan rings is 1. The number of nitrogens with zero attached hydrogens (tertiary/aromatic N) is 4. The maximum Gasteiger partial charge on any atom is 0.270 e. The molecule has 0 radical (unpaired) electrons. The van der Waals surface area contributed by atoms with E-state index in [-0.39, 0.29) is 17.3 Å². The maximum absolute atomic E-state index is 12.8. The van der Waals surface area contributed by atoms with Crippen molar-refractivity contribution in [2.75, 3.05) is 0 Å². The Kier molecular flexibility index (Phi) is 4.85. The smallest absolute Gasteiger partial charge is 0.270 e. The molecule has 0 saturated heterocycles. The van der Waals surface area contributed by atoms with Crippen molar-refractivity contribution < 1.29 is 14.1 Å². The first kappa shape index (κ1) is 18.1. The van der Waals surface area contributed by atoms with E-state index in [0.29, 0.717) is 23.7 Å². The molecule has 0 fully saturated rings. The van der Waals surface area contributed by atoms with Crippen LogP contribution in [0, 0.1) is 10.1 Å². The predicted octanol–water partition coefficient (Wildman–Crippen LogP) is 3.37. The van der Waals surface area contributed by atoms with Gasteiger partial charge in [0.25, 0.3) is 11.6 Å². The lowest BCUT2D eigenvalue weighted by atomic mass is 10.2. The van der Waals surface area contributed by atoms with Crippen molar-refractivity contribution in [2.45, 2.75) is 6.54 Å². The summed E-state index contributed by atoms with van der Waals surface area (Å²) in [5.41, 5.74) is 2.13. The number of nitro groups is 1. The maximum atomic E-state index is 12.8. The van der Waals surface area contributed by atoms with Crippen molar-refractivity contribution in [3.8, 4) is 17.1 Å². The summed E-state index contributed by atoms with van der Waals surface area (Å²) in [6.45, 7) is 0.322. The molecule has 4 rings (SSSR count). The molecule has 0 bridgehead atoms. The van der Waals surface area contributed by atoms with Crippen molar-refractivity contribution in [1.82, 2.24) is 20.1 Å². The number of pyridine rings is 1. The van der Waals surface area contributed by atoms with E-state index >= 15 is 0 Å². The number of aromatic nitrogens is 3. The van der Waals surface area contributed by atoms with Crippen LogP contribution in [0.2, 0.25) is 0 Å². The minimum absolute atomic E-state index is 0.0455. The number of carbonyl (C=O) groups excluding carboxylic acids is 1. The van der Waals surface area contributed by atoms with Gasteiger partial charge in [0.05, 0.1) is 16.9 Å². The molecular weight excluding hydrogens is 374 g/mol. The van der Waals surface area contributed by atoms with Crippen LogP contribution in [0.1, 0.15) is 16.1 Å². The fraction of sp³-hybridized carbons (Fsp3) is 0.0500. The molecule has 0 aliphatic carbocycles. The third kappa shape index (κ3) is 3.88. The topological polar surface area (TPSA) is 116 Å². The normalized spacial score (nSPS) is 10.6. The first-order valence-corrected chi connectivity index (χ1v) is 8.68. The number of carbonyl (C=O) groups is 1. The summed E-state index contributed by atoms with van der Waals surface area (Å²) < 4.78 is 6.81. The van der Waals surface area contributed by atoms with Crippen LogP contribution in [0.15, 0.2) is 77.7 Å². The zero-order chi connectivity index (χ0) is 20.2. The average molecular weight is 389 g/mol. The molecule has 0 aliphatic rings. The largest absolute Gasteiger partial charge is 0.463 e. The highest BCUT2D eigenvalue weighted by molar-refractivity contribution is 5.94. The van der Waals surface area contributed by atoms with Crippen molar-refractivity contribution in [3.05, 3.63) is 94.6 Å². The van der Waals surface area contributed by atoms with E-state index in [2.05, 4.69) is 15.4 Å². The van der Waals surface area contributed by atoms with Crippen LogP contribution in [-0.4, -0.2) is 25.6 Å². The summed E-state index contributed by atoms with van der Waals surface area (Å²) in [7, 11) is 0. The lowest BCUT2D eigenvalue weighted by Gasteiger charge is -2.08. The Morgan fingerprint density at radius 3 is 2.55 bits per heavy atom. The molecule has 29 heavy (non-hydrogen) atoms. The summed E-state index contributed by atoms with van der Waals surface area (Å²) in [6, 6.07) is 14.5. The summed E-state index contributed by atoms with van der Waals surface area (Å²) in [5, 5.41) is 18.2. The molecule has 9 nitrogen and oxygen atoms in total. The van der Waals surface area contributed by atoms with E-state index in [1.165, 1.54) is 35.2 Å². The van der Waals surface area contributed by atoms with Gasteiger partial charge in [-0.05, 0) is 42.0 Å².